The number of methoxy groups -OCH3 is 1. The lowest BCUT2D eigenvalue weighted by Gasteiger charge is -2.35. The second-order valence-corrected chi connectivity index (χ2v) is 14.5. The molecular weight excluding hydrogens is 716 g/mol. The van der Waals surface area contributed by atoms with Gasteiger partial charge in [0.05, 0.1) is 36.0 Å². The quantitative estimate of drug-likeness (QED) is 0.148. The molecule has 0 fully saturated rings. The monoisotopic (exact) mass is 756 g/mol. The molecule has 2 aliphatic carbocycles. The van der Waals surface area contributed by atoms with E-state index in [1.807, 2.05) is 67.6 Å². The zero-order valence-corrected chi connectivity index (χ0v) is 31.1. The third kappa shape index (κ3) is 6.83. The predicted molar refractivity (Wildman–Crippen MR) is 207 cm³/mol. The van der Waals surface area contributed by atoms with Crippen LogP contribution in [0, 0.1) is 17.2 Å². The van der Waals surface area contributed by atoms with Crippen molar-refractivity contribution in [2.24, 2.45) is 5.92 Å². The number of allylic oxidation sites excluding steroid dienone is 4. The molecule has 2 unspecified atom stereocenters. The molecular formula is C43H41BrN4O4. The summed E-state index contributed by atoms with van der Waals surface area (Å²) >= 11 is 3.78. The van der Waals surface area contributed by atoms with E-state index in [2.05, 4.69) is 69.1 Å². The van der Waals surface area contributed by atoms with Crippen LogP contribution in [0.4, 0.5) is 16.2 Å². The molecule has 0 spiro atoms. The number of benzene rings is 4. The Morgan fingerprint density at radius 3 is 2.42 bits per heavy atom. The minimum atomic E-state index is -0.607. The van der Waals surface area contributed by atoms with E-state index in [0.717, 1.165) is 69.8 Å². The molecule has 2 atom stereocenters. The maximum absolute atomic E-state index is 13.8. The molecule has 0 bridgehead atoms. The first-order valence-electron chi connectivity index (χ1n) is 17.8. The van der Waals surface area contributed by atoms with Crippen LogP contribution in [0.3, 0.4) is 0 Å². The summed E-state index contributed by atoms with van der Waals surface area (Å²) in [5.41, 5.74) is 10.1. The molecule has 0 saturated carbocycles. The van der Waals surface area contributed by atoms with E-state index < -0.39 is 12.0 Å². The van der Waals surface area contributed by atoms with Crippen LogP contribution in [-0.4, -0.2) is 25.6 Å². The standard InChI is InChI=1S/C43H41BrN4O4/c1-4-10-26-18-37-41(39(49)19-26)40(34(22-45)25(2)47-37)28-20-36(44)42(46-23-27-11-9-12-29(17-27)51-3)38(21-28)48-43(50)52-24-35-32-15-7-5-13-30(32)31-14-6-8-16-33(31)35/h5-9,11-17,20-21,26,35,40,46-47H,4,10,18-19,23-24H2,1-3H3,(H,48,50). The Hall–Kier alpha value is -5.33. The normalized spacial score (nSPS) is 17.8. The maximum atomic E-state index is 13.8. The number of anilines is 2. The van der Waals surface area contributed by atoms with Gasteiger partial charge in [-0.25, -0.2) is 4.79 Å². The summed E-state index contributed by atoms with van der Waals surface area (Å²) < 4.78 is 12.1. The lowest BCUT2D eigenvalue weighted by Crippen LogP contribution is -2.34. The van der Waals surface area contributed by atoms with Crippen molar-refractivity contribution in [2.45, 2.75) is 57.9 Å². The van der Waals surface area contributed by atoms with Gasteiger partial charge in [-0.05, 0) is 99.3 Å². The molecule has 52 heavy (non-hydrogen) atoms. The Balaban J connectivity index is 1.22. The Bertz CT molecular complexity index is 2120. The Morgan fingerprint density at radius 2 is 1.73 bits per heavy atom. The number of dihydropyridines is 1. The highest BCUT2D eigenvalue weighted by Gasteiger charge is 2.39. The third-order valence-electron chi connectivity index (χ3n) is 10.4. The molecule has 1 heterocycles. The maximum Gasteiger partial charge on any atom is 0.411 e. The number of halogens is 1. The number of carbonyl (C=O) groups is 2. The molecule has 1 aliphatic heterocycles. The first kappa shape index (κ1) is 35.1. The van der Waals surface area contributed by atoms with Crippen LogP contribution in [0.1, 0.15) is 73.6 Å². The van der Waals surface area contributed by atoms with Crippen LogP contribution in [0.2, 0.25) is 0 Å². The highest BCUT2D eigenvalue weighted by Crippen LogP contribution is 2.47. The minimum absolute atomic E-state index is 0.0554. The number of Topliss-reactive ketones (excluding diaryl/α,β-unsaturated/α-hetero) is 1. The van der Waals surface area contributed by atoms with Crippen molar-refractivity contribution < 1.29 is 19.1 Å². The van der Waals surface area contributed by atoms with Crippen molar-refractivity contribution in [3.05, 3.63) is 134 Å². The Labute approximate surface area is 313 Å². The van der Waals surface area contributed by atoms with E-state index in [4.69, 9.17) is 9.47 Å². The number of ketones is 1. The summed E-state index contributed by atoms with van der Waals surface area (Å²) in [4.78, 5) is 27.5. The summed E-state index contributed by atoms with van der Waals surface area (Å²) in [6.45, 7) is 4.62. The van der Waals surface area contributed by atoms with E-state index in [1.165, 1.54) is 0 Å². The fourth-order valence-electron chi connectivity index (χ4n) is 8.00. The number of hydrogen-bond acceptors (Lipinski definition) is 7. The lowest BCUT2D eigenvalue weighted by molar-refractivity contribution is -0.117. The Morgan fingerprint density at radius 1 is 1.00 bits per heavy atom. The second-order valence-electron chi connectivity index (χ2n) is 13.7. The molecule has 3 aliphatic rings. The molecule has 264 valence electrons. The molecule has 0 aromatic heterocycles. The van der Waals surface area contributed by atoms with Crippen molar-refractivity contribution in [3.63, 3.8) is 0 Å². The van der Waals surface area contributed by atoms with Gasteiger partial charge in [0.25, 0.3) is 0 Å². The van der Waals surface area contributed by atoms with Crippen LogP contribution < -0.4 is 20.7 Å². The number of nitriles is 1. The van der Waals surface area contributed by atoms with Gasteiger partial charge >= 0.3 is 6.09 Å². The first-order valence-corrected chi connectivity index (χ1v) is 18.5. The number of ether oxygens (including phenoxy) is 2. The number of fused-ring (bicyclic) bond motifs is 3. The zero-order valence-electron chi connectivity index (χ0n) is 29.5. The van der Waals surface area contributed by atoms with Crippen LogP contribution in [0.25, 0.3) is 11.1 Å². The van der Waals surface area contributed by atoms with Crippen molar-refractivity contribution >= 4 is 39.2 Å². The van der Waals surface area contributed by atoms with Gasteiger partial charge < -0.3 is 20.1 Å². The largest absolute Gasteiger partial charge is 0.497 e. The van der Waals surface area contributed by atoms with E-state index in [1.54, 1.807) is 7.11 Å². The molecule has 3 N–H and O–H groups in total. The summed E-state index contributed by atoms with van der Waals surface area (Å²) in [5.74, 6) is 0.386. The average molecular weight is 758 g/mol. The van der Waals surface area contributed by atoms with Crippen molar-refractivity contribution in [1.82, 2.24) is 5.32 Å². The highest BCUT2D eigenvalue weighted by molar-refractivity contribution is 9.10. The lowest BCUT2D eigenvalue weighted by atomic mass is 9.72. The van der Waals surface area contributed by atoms with Crippen LogP contribution in [-0.2, 0) is 16.1 Å². The minimum Gasteiger partial charge on any atom is -0.497 e. The number of carbonyl (C=O) groups excluding carboxylic acids is 2. The van der Waals surface area contributed by atoms with Crippen molar-refractivity contribution in [1.29, 1.82) is 5.26 Å². The van der Waals surface area contributed by atoms with Gasteiger partial charge in [-0.15, -0.1) is 0 Å². The van der Waals surface area contributed by atoms with E-state index >= 15 is 0 Å². The number of amides is 1. The predicted octanol–water partition coefficient (Wildman–Crippen LogP) is 9.95. The molecule has 4 aromatic carbocycles. The molecule has 9 heteroatoms. The van der Waals surface area contributed by atoms with Gasteiger partial charge in [-0.1, -0.05) is 74.0 Å². The SMILES string of the molecule is CCCC1CC(=O)C2=C(C1)NC(C)=C(C#N)C2c1cc(Br)c(NCc2cccc(OC)c2)c(NC(=O)OCC2c3ccccc3-c3ccccc32)c1. The van der Waals surface area contributed by atoms with Crippen molar-refractivity contribution in [3.8, 4) is 22.9 Å². The van der Waals surface area contributed by atoms with Gasteiger partial charge in [0.1, 0.15) is 12.4 Å². The average Bonchev–Trinajstić information content (AvgIpc) is 3.46. The molecule has 7 rings (SSSR count). The van der Waals surface area contributed by atoms with Gasteiger partial charge in [0.15, 0.2) is 5.78 Å². The molecule has 1 amide bonds. The topological polar surface area (TPSA) is 112 Å². The highest BCUT2D eigenvalue weighted by atomic mass is 79.9. The fourth-order valence-corrected chi connectivity index (χ4v) is 8.62. The summed E-state index contributed by atoms with van der Waals surface area (Å²) in [7, 11) is 1.63. The number of nitrogens with one attached hydrogen (secondary N) is 3. The fraction of sp³-hybridized carbons (Fsp3) is 0.279. The van der Waals surface area contributed by atoms with Crippen LogP contribution in [0.5, 0.6) is 5.75 Å². The van der Waals surface area contributed by atoms with Gasteiger partial charge in [-0.2, -0.15) is 5.26 Å². The zero-order chi connectivity index (χ0) is 36.4. The molecule has 4 aromatic rings. The van der Waals surface area contributed by atoms with Gasteiger partial charge in [0.2, 0.25) is 0 Å². The molecule has 0 saturated heterocycles. The van der Waals surface area contributed by atoms with E-state index in [-0.39, 0.29) is 24.2 Å². The van der Waals surface area contributed by atoms with Crippen LogP contribution >= 0.6 is 15.9 Å². The molecule has 8 nitrogen and oxygen atoms in total. The number of rotatable bonds is 10. The first-order chi connectivity index (χ1) is 25.3. The number of hydrogen-bond donors (Lipinski definition) is 3. The van der Waals surface area contributed by atoms with Crippen molar-refractivity contribution in [2.75, 3.05) is 24.4 Å². The van der Waals surface area contributed by atoms with Gasteiger partial charge in [0, 0.05) is 40.3 Å². The molecule has 0 radical (unpaired) electrons. The number of nitrogens with zero attached hydrogens (tertiary/aromatic N) is 1. The summed E-state index contributed by atoms with van der Waals surface area (Å²) in [6, 6.07) is 30.4. The van der Waals surface area contributed by atoms with E-state index in [9.17, 15) is 14.9 Å². The van der Waals surface area contributed by atoms with E-state index in [0.29, 0.717) is 40.0 Å². The third-order valence-corrected chi connectivity index (χ3v) is 11.0. The Kier molecular flexibility index (Phi) is 10.2. The smallest absolute Gasteiger partial charge is 0.411 e. The summed E-state index contributed by atoms with van der Waals surface area (Å²) in [6.07, 6.45) is 2.58. The summed E-state index contributed by atoms with van der Waals surface area (Å²) in [5, 5.41) is 20.3. The van der Waals surface area contributed by atoms with Gasteiger partial charge in [-0.3, -0.25) is 10.1 Å². The second kappa shape index (κ2) is 15.1. The van der Waals surface area contributed by atoms with Crippen LogP contribution in [0.15, 0.2) is 112 Å².